The first-order valence-corrected chi connectivity index (χ1v) is 10.4. The fourth-order valence-electron chi connectivity index (χ4n) is 4.10. The van der Waals surface area contributed by atoms with Gasteiger partial charge >= 0.3 is 0 Å². The normalized spacial score (nSPS) is 18.1. The number of halogens is 1. The minimum absolute atomic E-state index is 0.203. The van der Waals surface area contributed by atoms with Gasteiger partial charge in [0.05, 0.1) is 24.0 Å². The maximum atomic E-state index is 8.59. The van der Waals surface area contributed by atoms with E-state index in [2.05, 4.69) is 30.3 Å². The van der Waals surface area contributed by atoms with Gasteiger partial charge in [0.15, 0.2) is 5.65 Å². The minimum atomic E-state index is 0.203. The van der Waals surface area contributed by atoms with Crippen molar-refractivity contribution in [1.29, 1.82) is 0 Å². The molecule has 2 atom stereocenters. The molecule has 0 aromatic carbocycles. The van der Waals surface area contributed by atoms with Gasteiger partial charge in [0.1, 0.15) is 16.7 Å². The average molecular weight is 440 g/mol. The molecule has 4 rings (SSSR count). The van der Waals surface area contributed by atoms with Crippen LogP contribution in [0, 0.1) is 19.4 Å². The lowest BCUT2D eigenvalue weighted by atomic mass is 10.0. The molecule has 1 fully saturated rings. The molecule has 31 heavy (non-hydrogen) atoms. The summed E-state index contributed by atoms with van der Waals surface area (Å²) >= 11 is 6.27. The maximum absolute atomic E-state index is 8.59. The molecule has 1 aliphatic rings. The number of nitrogens with one attached hydrogen (secondary N) is 1. The standard InChI is InChI=1S/C19H22ClN11/c1-11-15(20)19-26-18(16(23-2)17(21)31(19)27-11)24-8-6-13-7-9-30(28-13)14-5-3-4-12(14)10-25-29-22/h7,9,12,14H,3-6,8,10,21H2,1H3,(H,24,26). The van der Waals surface area contributed by atoms with Crippen molar-refractivity contribution in [3.63, 3.8) is 0 Å². The van der Waals surface area contributed by atoms with E-state index in [-0.39, 0.29) is 17.5 Å². The van der Waals surface area contributed by atoms with E-state index in [1.807, 2.05) is 16.9 Å². The van der Waals surface area contributed by atoms with Crippen molar-refractivity contribution < 1.29 is 0 Å². The average Bonchev–Trinajstić information content (AvgIpc) is 3.48. The molecule has 0 bridgehead atoms. The lowest BCUT2D eigenvalue weighted by Crippen LogP contribution is -2.17. The molecule has 3 aromatic heterocycles. The lowest BCUT2D eigenvalue weighted by molar-refractivity contribution is 0.356. The first kappa shape index (κ1) is 20.8. The topological polar surface area (TPSA) is 139 Å². The molecule has 0 amide bonds. The highest BCUT2D eigenvalue weighted by molar-refractivity contribution is 6.34. The number of nitrogen functional groups attached to an aromatic ring is 1. The van der Waals surface area contributed by atoms with Crippen LogP contribution >= 0.6 is 11.6 Å². The summed E-state index contributed by atoms with van der Waals surface area (Å²) in [6.45, 7) is 10.3. The van der Waals surface area contributed by atoms with Crippen molar-refractivity contribution in [2.45, 2.75) is 38.6 Å². The maximum Gasteiger partial charge on any atom is 0.268 e. The molecule has 2 unspecified atom stereocenters. The van der Waals surface area contributed by atoms with E-state index in [9.17, 15) is 0 Å². The molecular formula is C19H22ClN11. The molecule has 1 aliphatic carbocycles. The Hall–Kier alpha value is -3.48. The molecule has 11 nitrogen and oxygen atoms in total. The molecule has 160 valence electrons. The van der Waals surface area contributed by atoms with Crippen molar-refractivity contribution in [3.8, 4) is 0 Å². The van der Waals surface area contributed by atoms with Crippen LogP contribution in [0.25, 0.3) is 20.9 Å². The predicted molar refractivity (Wildman–Crippen MR) is 118 cm³/mol. The van der Waals surface area contributed by atoms with Gasteiger partial charge in [0.25, 0.3) is 5.69 Å². The van der Waals surface area contributed by atoms with E-state index >= 15 is 0 Å². The summed E-state index contributed by atoms with van der Waals surface area (Å²) < 4.78 is 3.38. The first-order valence-electron chi connectivity index (χ1n) is 10.0. The van der Waals surface area contributed by atoms with Gasteiger partial charge in [0, 0.05) is 30.6 Å². The van der Waals surface area contributed by atoms with Gasteiger partial charge < -0.3 is 11.1 Å². The zero-order chi connectivity index (χ0) is 22.0. The molecule has 0 saturated heterocycles. The molecule has 0 spiro atoms. The third-order valence-electron chi connectivity index (χ3n) is 5.66. The van der Waals surface area contributed by atoms with Crippen molar-refractivity contribution >= 4 is 34.6 Å². The Balaban J connectivity index is 1.46. The van der Waals surface area contributed by atoms with E-state index in [1.165, 1.54) is 4.52 Å². The molecule has 12 heteroatoms. The Morgan fingerprint density at radius 1 is 1.42 bits per heavy atom. The van der Waals surface area contributed by atoms with Crippen LogP contribution in [0.5, 0.6) is 0 Å². The van der Waals surface area contributed by atoms with Crippen LogP contribution in [0.2, 0.25) is 5.02 Å². The van der Waals surface area contributed by atoms with Crippen LogP contribution in [0.4, 0.5) is 17.3 Å². The number of aromatic nitrogens is 5. The second kappa shape index (κ2) is 8.71. The summed E-state index contributed by atoms with van der Waals surface area (Å²) in [6, 6.07) is 2.25. The Labute approximate surface area is 183 Å². The fraction of sp³-hybridized carbons (Fsp3) is 0.474. The van der Waals surface area contributed by atoms with Crippen LogP contribution in [0.15, 0.2) is 17.4 Å². The number of fused-ring (bicyclic) bond motifs is 1. The number of aryl methyl sites for hydroxylation is 1. The van der Waals surface area contributed by atoms with Gasteiger partial charge in [-0.05, 0) is 37.3 Å². The van der Waals surface area contributed by atoms with Gasteiger partial charge in [0.2, 0.25) is 0 Å². The Morgan fingerprint density at radius 3 is 3.03 bits per heavy atom. The van der Waals surface area contributed by atoms with Gasteiger partial charge in [-0.15, -0.1) is 0 Å². The van der Waals surface area contributed by atoms with Gasteiger partial charge in [-0.1, -0.05) is 23.1 Å². The Kier molecular flexibility index (Phi) is 5.84. The summed E-state index contributed by atoms with van der Waals surface area (Å²) in [4.78, 5) is 10.9. The van der Waals surface area contributed by atoms with Crippen LogP contribution in [0.1, 0.15) is 36.7 Å². The Bertz CT molecular complexity index is 1200. The van der Waals surface area contributed by atoms with Gasteiger partial charge in [-0.2, -0.15) is 10.2 Å². The third-order valence-corrected chi connectivity index (χ3v) is 6.11. The number of anilines is 2. The highest BCUT2D eigenvalue weighted by Crippen LogP contribution is 2.36. The lowest BCUT2D eigenvalue weighted by Gasteiger charge is -2.18. The number of azide groups is 1. The zero-order valence-electron chi connectivity index (χ0n) is 17.0. The van der Waals surface area contributed by atoms with Crippen LogP contribution < -0.4 is 11.1 Å². The second-order valence-corrected chi connectivity index (χ2v) is 7.95. The van der Waals surface area contributed by atoms with E-state index in [0.717, 1.165) is 25.0 Å². The molecule has 0 radical (unpaired) electrons. The number of nitrogens with two attached hydrogens (primary N) is 1. The molecule has 3 aromatic rings. The van der Waals surface area contributed by atoms with Crippen molar-refractivity contribution in [1.82, 2.24) is 24.4 Å². The van der Waals surface area contributed by atoms with Crippen LogP contribution in [-0.4, -0.2) is 37.5 Å². The van der Waals surface area contributed by atoms with E-state index in [1.54, 1.807) is 6.92 Å². The largest absolute Gasteiger partial charge is 0.392 e. The van der Waals surface area contributed by atoms with Gasteiger partial charge in [-0.3, -0.25) is 4.68 Å². The van der Waals surface area contributed by atoms with Crippen molar-refractivity contribution in [2.75, 3.05) is 24.1 Å². The second-order valence-electron chi connectivity index (χ2n) is 7.58. The molecule has 1 saturated carbocycles. The number of nitrogens with zero attached hydrogens (tertiary/aromatic N) is 9. The van der Waals surface area contributed by atoms with E-state index in [0.29, 0.717) is 47.6 Å². The highest BCUT2D eigenvalue weighted by Gasteiger charge is 2.28. The number of rotatable bonds is 7. The SMILES string of the molecule is [C-]#[N+]c1c(NCCc2ccn(C3CCCC3CN=[N+]=[N-])n2)nc2c(Cl)c(C)nn2c1N. The molecule has 3 heterocycles. The van der Waals surface area contributed by atoms with Crippen LogP contribution in [0.3, 0.4) is 0 Å². The van der Waals surface area contributed by atoms with Gasteiger partial charge in [-0.25, -0.2) is 14.3 Å². The van der Waals surface area contributed by atoms with E-state index in [4.69, 9.17) is 34.5 Å². The summed E-state index contributed by atoms with van der Waals surface area (Å²) in [5, 5.41) is 16.3. The molecular weight excluding hydrogens is 418 g/mol. The number of hydrogen-bond acceptors (Lipinski definition) is 6. The summed E-state index contributed by atoms with van der Waals surface area (Å²) in [5.41, 5.74) is 16.9. The van der Waals surface area contributed by atoms with E-state index < -0.39 is 0 Å². The van der Waals surface area contributed by atoms with Crippen molar-refractivity contribution in [3.05, 3.63) is 50.5 Å². The minimum Gasteiger partial charge on any atom is -0.392 e. The monoisotopic (exact) mass is 439 g/mol. The smallest absolute Gasteiger partial charge is 0.268 e. The highest BCUT2D eigenvalue weighted by atomic mass is 35.5. The Morgan fingerprint density at radius 2 is 2.26 bits per heavy atom. The third kappa shape index (κ3) is 3.95. The number of hydrogen-bond donors (Lipinski definition) is 2. The zero-order valence-corrected chi connectivity index (χ0v) is 17.8. The quantitative estimate of drug-likeness (QED) is 0.244. The molecule has 0 aliphatic heterocycles. The summed E-state index contributed by atoms with van der Waals surface area (Å²) in [6.07, 6.45) is 5.83. The van der Waals surface area contributed by atoms with Crippen molar-refractivity contribution in [2.24, 2.45) is 11.0 Å². The fourth-order valence-corrected chi connectivity index (χ4v) is 4.26. The predicted octanol–water partition coefficient (Wildman–Crippen LogP) is 4.33. The summed E-state index contributed by atoms with van der Waals surface area (Å²) in [7, 11) is 0. The first-order chi connectivity index (χ1) is 15.0. The van der Waals surface area contributed by atoms with Crippen LogP contribution in [-0.2, 0) is 6.42 Å². The summed E-state index contributed by atoms with van der Waals surface area (Å²) in [5.74, 6) is 0.909. The molecule has 3 N–H and O–H groups in total.